The number of likely N-dealkylation sites (N-methyl/N-ethyl adjacent to an activating group) is 1. The molecule has 5 nitrogen and oxygen atoms in total. The Balaban J connectivity index is 2.10. The predicted molar refractivity (Wildman–Crippen MR) is 99.8 cm³/mol. The van der Waals surface area contributed by atoms with Crippen molar-refractivity contribution in [3.8, 4) is 0 Å². The molecule has 1 atom stereocenters. The molecule has 0 aliphatic carbocycles. The lowest BCUT2D eigenvalue weighted by Crippen LogP contribution is -2.41. The van der Waals surface area contributed by atoms with E-state index in [0.29, 0.717) is 6.54 Å². The topological polar surface area (TPSA) is 67.3 Å². The fraction of sp³-hybridized carbons (Fsp3) is 0.412. The van der Waals surface area contributed by atoms with Crippen molar-refractivity contribution in [2.24, 2.45) is 0 Å². The average Bonchev–Trinajstić information content (AvgIpc) is 2.96. The minimum Gasteiger partial charge on any atom is -0.336 e. The molecule has 7 heteroatoms. The Labute approximate surface area is 146 Å². The standard InChI is InChI=1S/C17H22N2O3S2/c1-4-19(13(3)12-24(21,22)5-2)17(20)11-10-16-18-14-8-6-7-9-15(14)23-16/h6-11,13H,4-5,12H2,1-3H3. The second-order valence-corrected chi connectivity index (χ2v) is 8.99. The van der Waals surface area contributed by atoms with Crippen LogP contribution in [0, 0.1) is 0 Å². The average molecular weight is 367 g/mol. The number of carbonyl (C=O) groups excluding carboxylic acids is 1. The van der Waals surface area contributed by atoms with Gasteiger partial charge in [-0.1, -0.05) is 19.1 Å². The maximum absolute atomic E-state index is 12.4. The van der Waals surface area contributed by atoms with Crippen molar-refractivity contribution in [2.75, 3.05) is 18.1 Å². The van der Waals surface area contributed by atoms with Gasteiger partial charge in [0.25, 0.3) is 0 Å². The summed E-state index contributed by atoms with van der Waals surface area (Å²) in [6, 6.07) is 7.44. The third-order valence-corrected chi connectivity index (χ3v) is 6.64. The number of para-hydroxylation sites is 1. The Kier molecular flexibility index (Phi) is 6.12. The Hall–Kier alpha value is -1.73. The summed E-state index contributed by atoms with van der Waals surface area (Å²) < 4.78 is 24.6. The van der Waals surface area contributed by atoms with Crippen LogP contribution in [0.2, 0.25) is 0 Å². The fourth-order valence-corrected chi connectivity index (χ4v) is 4.48. The molecule has 1 amide bonds. The zero-order valence-corrected chi connectivity index (χ0v) is 15.7. The fourth-order valence-electron chi connectivity index (χ4n) is 2.46. The molecule has 0 saturated carbocycles. The van der Waals surface area contributed by atoms with Gasteiger partial charge in [0, 0.05) is 24.4 Å². The number of thiazole rings is 1. The van der Waals surface area contributed by atoms with E-state index in [2.05, 4.69) is 4.98 Å². The van der Waals surface area contributed by atoms with Gasteiger partial charge in [-0.05, 0) is 32.1 Å². The van der Waals surface area contributed by atoms with E-state index in [-0.39, 0.29) is 23.5 Å². The second-order valence-electron chi connectivity index (χ2n) is 5.53. The summed E-state index contributed by atoms with van der Waals surface area (Å²) >= 11 is 1.52. The predicted octanol–water partition coefficient (Wildman–Crippen LogP) is 2.98. The minimum atomic E-state index is -3.12. The molecule has 0 bridgehead atoms. The molecular formula is C17H22N2O3S2. The molecule has 1 unspecified atom stereocenters. The summed E-state index contributed by atoms with van der Waals surface area (Å²) in [5, 5.41) is 0.759. The van der Waals surface area contributed by atoms with Gasteiger partial charge in [-0.25, -0.2) is 13.4 Å². The third-order valence-electron chi connectivity index (χ3n) is 3.77. The van der Waals surface area contributed by atoms with Crippen LogP contribution in [0.1, 0.15) is 25.8 Å². The van der Waals surface area contributed by atoms with Crippen molar-refractivity contribution < 1.29 is 13.2 Å². The second kappa shape index (κ2) is 7.90. The largest absolute Gasteiger partial charge is 0.336 e. The van der Waals surface area contributed by atoms with E-state index < -0.39 is 9.84 Å². The minimum absolute atomic E-state index is 0.0158. The molecule has 0 fully saturated rings. The van der Waals surface area contributed by atoms with Crippen LogP contribution in [-0.2, 0) is 14.6 Å². The van der Waals surface area contributed by atoms with Crippen molar-refractivity contribution in [3.05, 3.63) is 35.3 Å². The van der Waals surface area contributed by atoms with Crippen LogP contribution in [0.5, 0.6) is 0 Å². The summed E-state index contributed by atoms with van der Waals surface area (Å²) in [6.07, 6.45) is 3.16. The van der Waals surface area contributed by atoms with Gasteiger partial charge >= 0.3 is 0 Å². The summed E-state index contributed by atoms with van der Waals surface area (Å²) in [4.78, 5) is 18.4. The highest BCUT2D eigenvalue weighted by Gasteiger charge is 2.21. The van der Waals surface area contributed by atoms with Crippen molar-refractivity contribution in [2.45, 2.75) is 26.8 Å². The Morgan fingerprint density at radius 1 is 1.33 bits per heavy atom. The molecule has 24 heavy (non-hydrogen) atoms. The smallest absolute Gasteiger partial charge is 0.246 e. The van der Waals surface area contributed by atoms with Crippen molar-refractivity contribution in [1.82, 2.24) is 9.88 Å². The zero-order valence-electron chi connectivity index (χ0n) is 14.1. The lowest BCUT2D eigenvalue weighted by molar-refractivity contribution is -0.127. The SMILES string of the molecule is CCN(C(=O)C=Cc1nc2ccccc2s1)C(C)CS(=O)(=O)CC. The van der Waals surface area contributed by atoms with Crippen LogP contribution in [0.3, 0.4) is 0 Å². The van der Waals surface area contributed by atoms with Crippen LogP contribution in [-0.4, -0.2) is 48.3 Å². The van der Waals surface area contributed by atoms with Gasteiger partial charge < -0.3 is 4.90 Å². The van der Waals surface area contributed by atoms with Gasteiger partial charge in [0.2, 0.25) is 5.91 Å². The van der Waals surface area contributed by atoms with Gasteiger partial charge in [0.05, 0.1) is 16.0 Å². The molecule has 0 spiro atoms. The van der Waals surface area contributed by atoms with Gasteiger partial charge in [-0.2, -0.15) is 0 Å². The van der Waals surface area contributed by atoms with Crippen LogP contribution in [0.4, 0.5) is 0 Å². The lowest BCUT2D eigenvalue weighted by atomic mass is 10.3. The molecule has 2 aromatic rings. The van der Waals surface area contributed by atoms with Crippen molar-refractivity contribution in [1.29, 1.82) is 0 Å². The molecule has 1 aromatic heterocycles. The lowest BCUT2D eigenvalue weighted by Gasteiger charge is -2.26. The summed E-state index contributed by atoms with van der Waals surface area (Å²) in [5.41, 5.74) is 0.907. The number of aromatic nitrogens is 1. The number of hydrogen-bond acceptors (Lipinski definition) is 5. The summed E-state index contributed by atoms with van der Waals surface area (Å²) in [5.74, 6) is -0.126. The maximum atomic E-state index is 12.4. The first-order chi connectivity index (χ1) is 11.4. The highest BCUT2D eigenvalue weighted by atomic mass is 32.2. The van der Waals surface area contributed by atoms with E-state index in [4.69, 9.17) is 0 Å². The number of sulfone groups is 1. The number of amides is 1. The number of nitrogens with zero attached hydrogens (tertiary/aromatic N) is 2. The molecule has 2 rings (SSSR count). The molecule has 0 aliphatic rings. The van der Waals surface area contributed by atoms with E-state index in [0.717, 1.165) is 15.2 Å². The molecule has 0 saturated heterocycles. The normalized spacial score (nSPS) is 13.5. The first kappa shape index (κ1) is 18.6. The summed E-state index contributed by atoms with van der Waals surface area (Å²) in [7, 11) is -3.12. The zero-order chi connectivity index (χ0) is 17.7. The Morgan fingerprint density at radius 3 is 2.67 bits per heavy atom. The highest BCUT2D eigenvalue weighted by molar-refractivity contribution is 7.91. The van der Waals surface area contributed by atoms with Crippen LogP contribution >= 0.6 is 11.3 Å². The van der Waals surface area contributed by atoms with Crippen LogP contribution < -0.4 is 0 Å². The first-order valence-corrected chi connectivity index (χ1v) is 10.5. The third kappa shape index (κ3) is 4.64. The van der Waals surface area contributed by atoms with E-state index in [1.807, 2.05) is 31.2 Å². The Bertz CT molecular complexity index is 807. The van der Waals surface area contributed by atoms with Crippen molar-refractivity contribution >= 4 is 43.4 Å². The number of fused-ring (bicyclic) bond motifs is 1. The van der Waals surface area contributed by atoms with Gasteiger partial charge in [0.15, 0.2) is 9.84 Å². The maximum Gasteiger partial charge on any atom is 0.246 e. The van der Waals surface area contributed by atoms with Gasteiger partial charge in [0.1, 0.15) is 5.01 Å². The van der Waals surface area contributed by atoms with Crippen LogP contribution in [0.15, 0.2) is 30.3 Å². The van der Waals surface area contributed by atoms with Gasteiger partial charge in [-0.15, -0.1) is 11.3 Å². The van der Waals surface area contributed by atoms with Crippen molar-refractivity contribution in [3.63, 3.8) is 0 Å². The molecule has 130 valence electrons. The molecule has 0 radical (unpaired) electrons. The molecule has 1 heterocycles. The number of benzene rings is 1. The van der Waals surface area contributed by atoms with Crippen LogP contribution in [0.25, 0.3) is 16.3 Å². The Morgan fingerprint density at radius 2 is 2.04 bits per heavy atom. The molecule has 1 aromatic carbocycles. The van der Waals surface area contributed by atoms with E-state index in [1.54, 1.807) is 24.8 Å². The van der Waals surface area contributed by atoms with E-state index in [9.17, 15) is 13.2 Å². The summed E-state index contributed by atoms with van der Waals surface area (Å²) in [6.45, 7) is 5.69. The van der Waals surface area contributed by atoms with Gasteiger partial charge in [-0.3, -0.25) is 4.79 Å². The highest BCUT2D eigenvalue weighted by Crippen LogP contribution is 2.22. The molecular weight excluding hydrogens is 344 g/mol. The van der Waals surface area contributed by atoms with E-state index >= 15 is 0 Å². The molecule has 0 aliphatic heterocycles. The van der Waals surface area contributed by atoms with E-state index in [1.165, 1.54) is 17.4 Å². The number of rotatable bonds is 7. The number of carbonyl (C=O) groups is 1. The number of hydrogen-bond donors (Lipinski definition) is 0. The quantitative estimate of drug-likeness (QED) is 0.707. The molecule has 0 N–H and O–H groups in total. The first-order valence-electron chi connectivity index (χ1n) is 7.91. The monoisotopic (exact) mass is 366 g/mol.